The minimum Gasteiger partial charge on any atom is -0.369 e. The molecular weight excluding hydrogens is 278 g/mol. The second-order valence-corrected chi connectivity index (χ2v) is 5.52. The van der Waals surface area contributed by atoms with Crippen LogP contribution in [-0.4, -0.2) is 35.2 Å². The van der Waals surface area contributed by atoms with E-state index in [1.807, 2.05) is 11.6 Å². The third-order valence-corrected chi connectivity index (χ3v) is 3.86. The molecule has 1 aromatic heterocycles. The van der Waals surface area contributed by atoms with Gasteiger partial charge in [0.1, 0.15) is 0 Å². The van der Waals surface area contributed by atoms with Gasteiger partial charge in [-0.25, -0.2) is 9.88 Å². The zero-order valence-corrected chi connectivity index (χ0v) is 11.6. The second-order valence-electron chi connectivity index (χ2n) is 2.98. The second kappa shape index (κ2) is 7.37. The van der Waals surface area contributed by atoms with Crippen molar-refractivity contribution in [2.75, 3.05) is 19.3 Å². The summed E-state index contributed by atoms with van der Waals surface area (Å²) in [4.78, 5) is 9.26. The summed E-state index contributed by atoms with van der Waals surface area (Å²) in [5.74, 6) is 1.80. The van der Waals surface area contributed by atoms with Gasteiger partial charge in [0, 0.05) is 30.5 Å². The van der Waals surface area contributed by atoms with Gasteiger partial charge in [0.05, 0.1) is 5.69 Å². The van der Waals surface area contributed by atoms with Crippen molar-refractivity contribution in [2.24, 2.45) is 10.7 Å². The van der Waals surface area contributed by atoms with E-state index in [1.54, 1.807) is 18.8 Å². The van der Waals surface area contributed by atoms with E-state index in [4.69, 9.17) is 22.6 Å². The van der Waals surface area contributed by atoms with Gasteiger partial charge >= 0.3 is 0 Å². The number of aromatic nitrogens is 1. The minimum atomic E-state index is 0.241. The van der Waals surface area contributed by atoms with Crippen LogP contribution in [0.3, 0.4) is 0 Å². The van der Waals surface area contributed by atoms with Crippen LogP contribution in [0.2, 0.25) is 4.47 Å². The summed E-state index contributed by atoms with van der Waals surface area (Å²) >= 11 is 8.82. The fourth-order valence-electron chi connectivity index (χ4n) is 1.02. The standard InChI is InChI=1S/C9H12ClN5S2/c1-13-9(12)15(6-11)2-3-16-4-7-5-17-8(10)14-7/h5H,2-4H2,1H3,(H2,12,13). The fraction of sp³-hybridized carbons (Fsp3) is 0.444. The third kappa shape index (κ3) is 4.81. The molecule has 0 saturated heterocycles. The van der Waals surface area contributed by atoms with Crippen molar-refractivity contribution in [3.63, 3.8) is 0 Å². The fourth-order valence-corrected chi connectivity index (χ4v) is 2.72. The van der Waals surface area contributed by atoms with E-state index in [0.717, 1.165) is 17.2 Å². The predicted molar refractivity (Wildman–Crippen MR) is 73.2 cm³/mol. The van der Waals surface area contributed by atoms with Gasteiger partial charge < -0.3 is 5.73 Å². The van der Waals surface area contributed by atoms with Crippen LogP contribution in [0.1, 0.15) is 5.69 Å². The Morgan fingerprint density at radius 1 is 1.82 bits per heavy atom. The molecule has 1 heterocycles. The van der Waals surface area contributed by atoms with Crippen LogP contribution < -0.4 is 5.73 Å². The zero-order chi connectivity index (χ0) is 12.7. The molecule has 1 aromatic rings. The normalized spacial score (nSPS) is 11.2. The highest BCUT2D eigenvalue weighted by Gasteiger charge is 2.06. The molecule has 0 aliphatic carbocycles. The lowest BCUT2D eigenvalue weighted by atomic mass is 10.6. The Morgan fingerprint density at radius 3 is 3.12 bits per heavy atom. The molecule has 8 heteroatoms. The molecule has 0 unspecified atom stereocenters. The highest BCUT2D eigenvalue weighted by Crippen LogP contribution is 2.19. The van der Waals surface area contributed by atoms with Gasteiger partial charge in [0.25, 0.3) is 0 Å². The highest BCUT2D eigenvalue weighted by atomic mass is 35.5. The van der Waals surface area contributed by atoms with Gasteiger partial charge in [-0.05, 0) is 0 Å². The van der Waals surface area contributed by atoms with Gasteiger partial charge in [0.2, 0.25) is 5.96 Å². The molecule has 1 rings (SSSR count). The Labute approximate surface area is 113 Å². The van der Waals surface area contributed by atoms with E-state index >= 15 is 0 Å². The van der Waals surface area contributed by atoms with Crippen LogP contribution in [0.15, 0.2) is 10.4 Å². The van der Waals surface area contributed by atoms with Crippen LogP contribution in [-0.2, 0) is 5.75 Å². The van der Waals surface area contributed by atoms with Crippen LogP contribution in [0.25, 0.3) is 0 Å². The molecule has 0 bridgehead atoms. The lowest BCUT2D eigenvalue weighted by molar-refractivity contribution is 0.606. The first-order valence-electron chi connectivity index (χ1n) is 4.74. The number of guanidine groups is 1. The Morgan fingerprint density at radius 2 is 2.59 bits per heavy atom. The average Bonchev–Trinajstić information content (AvgIpc) is 2.74. The minimum absolute atomic E-state index is 0.241. The van der Waals surface area contributed by atoms with E-state index in [9.17, 15) is 0 Å². The van der Waals surface area contributed by atoms with Crippen LogP contribution in [0, 0.1) is 11.5 Å². The predicted octanol–water partition coefficient (Wildman–Crippen LogP) is 1.76. The largest absolute Gasteiger partial charge is 0.369 e. The molecule has 0 saturated carbocycles. The maximum atomic E-state index is 8.82. The summed E-state index contributed by atoms with van der Waals surface area (Å²) in [5.41, 5.74) is 6.50. The summed E-state index contributed by atoms with van der Waals surface area (Å²) in [6.07, 6.45) is 1.99. The molecule has 5 nitrogen and oxygen atoms in total. The lowest BCUT2D eigenvalue weighted by Gasteiger charge is -2.12. The first kappa shape index (κ1) is 14.1. The van der Waals surface area contributed by atoms with Gasteiger partial charge in [-0.2, -0.15) is 17.0 Å². The molecule has 92 valence electrons. The summed E-state index contributed by atoms with van der Waals surface area (Å²) in [7, 11) is 1.56. The van der Waals surface area contributed by atoms with Crippen molar-refractivity contribution < 1.29 is 0 Å². The summed E-state index contributed by atoms with van der Waals surface area (Å²) in [6, 6.07) is 0. The molecule has 17 heavy (non-hydrogen) atoms. The Bertz CT molecular complexity index is 425. The number of rotatable bonds is 5. The van der Waals surface area contributed by atoms with E-state index in [1.165, 1.54) is 16.2 Å². The maximum absolute atomic E-state index is 8.82. The molecule has 0 atom stereocenters. The average molecular weight is 290 g/mol. The first-order valence-corrected chi connectivity index (χ1v) is 7.15. The lowest BCUT2D eigenvalue weighted by Crippen LogP contribution is -2.34. The number of thiazole rings is 1. The topological polar surface area (TPSA) is 78.3 Å². The molecule has 0 amide bonds. The Hall–Kier alpha value is -0.970. The summed E-state index contributed by atoms with van der Waals surface area (Å²) in [6.45, 7) is 0.544. The van der Waals surface area contributed by atoms with Crippen molar-refractivity contribution >= 4 is 40.7 Å². The van der Waals surface area contributed by atoms with Crippen molar-refractivity contribution in [2.45, 2.75) is 5.75 Å². The van der Waals surface area contributed by atoms with E-state index < -0.39 is 0 Å². The van der Waals surface area contributed by atoms with Crippen molar-refractivity contribution in [1.29, 1.82) is 5.26 Å². The molecule has 0 radical (unpaired) electrons. The summed E-state index contributed by atoms with van der Waals surface area (Å²) in [5, 5.41) is 10.8. The third-order valence-electron chi connectivity index (χ3n) is 1.86. The molecule has 0 spiro atoms. The van der Waals surface area contributed by atoms with Gasteiger partial charge in [-0.15, -0.1) is 11.3 Å². The maximum Gasteiger partial charge on any atom is 0.204 e. The summed E-state index contributed by atoms with van der Waals surface area (Å²) < 4.78 is 0.557. The zero-order valence-electron chi connectivity index (χ0n) is 9.26. The van der Waals surface area contributed by atoms with Crippen molar-refractivity contribution in [3.05, 3.63) is 15.5 Å². The quantitative estimate of drug-likeness (QED) is 0.294. The van der Waals surface area contributed by atoms with E-state index in [-0.39, 0.29) is 5.96 Å². The van der Waals surface area contributed by atoms with Crippen molar-refractivity contribution in [1.82, 2.24) is 9.88 Å². The number of halogens is 1. The molecule has 0 aromatic carbocycles. The number of hydrogen-bond donors (Lipinski definition) is 1. The van der Waals surface area contributed by atoms with Crippen LogP contribution in [0.5, 0.6) is 0 Å². The van der Waals surface area contributed by atoms with E-state index in [0.29, 0.717) is 11.0 Å². The Balaban J connectivity index is 2.26. The smallest absolute Gasteiger partial charge is 0.204 e. The van der Waals surface area contributed by atoms with Gasteiger partial charge in [-0.3, -0.25) is 4.99 Å². The highest BCUT2D eigenvalue weighted by molar-refractivity contribution is 7.98. The number of aliphatic imine (C=N–C) groups is 1. The number of nitrogens with two attached hydrogens (primary N) is 1. The number of nitrogens with zero attached hydrogens (tertiary/aromatic N) is 4. The number of hydrogen-bond acceptors (Lipinski definition) is 5. The van der Waals surface area contributed by atoms with Crippen LogP contribution >= 0.6 is 34.7 Å². The first-order chi connectivity index (χ1) is 8.17. The van der Waals surface area contributed by atoms with Gasteiger partial charge in [0.15, 0.2) is 10.7 Å². The molecule has 0 fully saturated rings. The SMILES string of the molecule is C/N=C(\N)N(C#N)CCSCc1csc(Cl)n1. The Kier molecular flexibility index (Phi) is 6.11. The van der Waals surface area contributed by atoms with Crippen molar-refractivity contribution in [3.8, 4) is 6.19 Å². The molecule has 0 aliphatic rings. The molecule has 2 N–H and O–H groups in total. The van der Waals surface area contributed by atoms with E-state index in [2.05, 4.69) is 9.98 Å². The van der Waals surface area contributed by atoms with Crippen LogP contribution in [0.4, 0.5) is 0 Å². The van der Waals surface area contributed by atoms with Gasteiger partial charge in [-0.1, -0.05) is 11.6 Å². The molecular formula is C9H12ClN5S2. The monoisotopic (exact) mass is 289 g/mol. The number of nitriles is 1. The number of thioether (sulfide) groups is 1. The molecule has 0 aliphatic heterocycles.